The minimum Gasteiger partial charge on any atom is -0.497 e. The van der Waals surface area contributed by atoms with Crippen LogP contribution in [0, 0.1) is 5.92 Å². The highest BCUT2D eigenvalue weighted by Gasteiger charge is 2.40. The van der Waals surface area contributed by atoms with E-state index in [2.05, 4.69) is 0 Å². The van der Waals surface area contributed by atoms with Crippen LogP contribution in [-0.4, -0.2) is 46.6 Å². The lowest BCUT2D eigenvalue weighted by atomic mass is 9.89. The lowest BCUT2D eigenvalue weighted by Gasteiger charge is -2.17. The molecule has 7 heteroatoms. The predicted molar refractivity (Wildman–Crippen MR) is 94.1 cm³/mol. The molecule has 3 rings (SSSR count). The number of benzene rings is 1. The van der Waals surface area contributed by atoms with Crippen LogP contribution in [-0.2, 0) is 16.1 Å². The third kappa shape index (κ3) is 3.61. The molecule has 0 spiro atoms. The van der Waals surface area contributed by atoms with Crippen molar-refractivity contribution in [1.82, 2.24) is 9.47 Å². The van der Waals surface area contributed by atoms with Gasteiger partial charge in [-0.2, -0.15) is 0 Å². The third-order valence-electron chi connectivity index (χ3n) is 4.72. The molecule has 0 unspecified atom stereocenters. The Morgan fingerprint density at radius 3 is 2.69 bits per heavy atom. The van der Waals surface area contributed by atoms with Crippen LogP contribution in [0.1, 0.15) is 11.5 Å². The maximum atomic E-state index is 12.6. The number of carbonyl (C=O) groups excluding carboxylic acids is 1. The number of hydrogen-bond donors (Lipinski definition) is 1. The van der Waals surface area contributed by atoms with E-state index >= 15 is 0 Å². The molecule has 2 atom stereocenters. The number of rotatable bonds is 5. The first kappa shape index (κ1) is 17.7. The van der Waals surface area contributed by atoms with Crippen molar-refractivity contribution < 1.29 is 19.4 Å². The van der Waals surface area contributed by atoms with Gasteiger partial charge in [-0.25, -0.2) is 0 Å². The van der Waals surface area contributed by atoms with E-state index in [1.165, 1.54) is 15.5 Å². The molecule has 1 amide bonds. The molecule has 1 aromatic heterocycles. The third-order valence-corrected chi connectivity index (χ3v) is 4.72. The van der Waals surface area contributed by atoms with Gasteiger partial charge in [0.2, 0.25) is 5.91 Å². The second-order valence-electron chi connectivity index (χ2n) is 6.29. The number of carboxylic acids is 1. The van der Waals surface area contributed by atoms with Crippen LogP contribution in [0.25, 0.3) is 0 Å². The number of ether oxygens (including phenoxy) is 1. The Hall–Kier alpha value is -3.09. The minimum atomic E-state index is -0.940. The molecule has 0 radical (unpaired) electrons. The quantitative estimate of drug-likeness (QED) is 0.869. The van der Waals surface area contributed by atoms with Crippen molar-refractivity contribution in [2.75, 3.05) is 20.2 Å². The number of carbonyl (C=O) groups is 2. The largest absolute Gasteiger partial charge is 0.497 e. The predicted octanol–water partition coefficient (Wildman–Crippen LogP) is 1.18. The highest BCUT2D eigenvalue weighted by atomic mass is 16.5. The van der Waals surface area contributed by atoms with Gasteiger partial charge in [-0.1, -0.05) is 18.2 Å². The Balaban J connectivity index is 1.80. The summed E-state index contributed by atoms with van der Waals surface area (Å²) in [5.41, 5.74) is 0.558. The van der Waals surface area contributed by atoms with Crippen molar-refractivity contribution in [2.24, 2.45) is 5.92 Å². The number of aliphatic carboxylic acids is 1. The van der Waals surface area contributed by atoms with Crippen molar-refractivity contribution in [1.29, 1.82) is 0 Å². The zero-order valence-electron chi connectivity index (χ0n) is 14.4. The van der Waals surface area contributed by atoms with E-state index in [-0.39, 0.29) is 30.5 Å². The Labute approximate surface area is 150 Å². The number of likely N-dealkylation sites (tertiary alicyclic amines) is 1. The van der Waals surface area contributed by atoms with Crippen LogP contribution in [0.15, 0.2) is 53.5 Å². The van der Waals surface area contributed by atoms with E-state index in [0.717, 1.165) is 5.56 Å². The fourth-order valence-electron chi connectivity index (χ4n) is 3.30. The average Bonchev–Trinajstić information content (AvgIpc) is 3.09. The van der Waals surface area contributed by atoms with Crippen LogP contribution in [0.2, 0.25) is 0 Å². The van der Waals surface area contributed by atoms with Crippen LogP contribution in [0.5, 0.6) is 5.75 Å². The summed E-state index contributed by atoms with van der Waals surface area (Å²) in [6.45, 7) is 0.318. The SMILES string of the molecule is COc1cccc([C@@H]2CN(C(=O)Cn3ccccc3=O)C[C@H]2C(=O)O)c1. The Morgan fingerprint density at radius 1 is 1.19 bits per heavy atom. The first-order valence-electron chi connectivity index (χ1n) is 8.29. The van der Waals surface area contributed by atoms with Crippen LogP contribution < -0.4 is 10.3 Å². The first-order chi connectivity index (χ1) is 12.5. The maximum Gasteiger partial charge on any atom is 0.308 e. The highest BCUT2D eigenvalue weighted by molar-refractivity contribution is 5.79. The van der Waals surface area contributed by atoms with E-state index in [0.29, 0.717) is 12.3 Å². The summed E-state index contributed by atoms with van der Waals surface area (Å²) < 4.78 is 6.53. The Kier molecular flexibility index (Phi) is 5.06. The van der Waals surface area contributed by atoms with Gasteiger partial charge in [-0.15, -0.1) is 0 Å². The van der Waals surface area contributed by atoms with Crippen molar-refractivity contribution in [2.45, 2.75) is 12.5 Å². The lowest BCUT2D eigenvalue weighted by Crippen LogP contribution is -2.35. The summed E-state index contributed by atoms with van der Waals surface area (Å²) in [5.74, 6) is -1.58. The van der Waals surface area contributed by atoms with Crippen LogP contribution in [0.3, 0.4) is 0 Å². The van der Waals surface area contributed by atoms with E-state index in [9.17, 15) is 19.5 Å². The number of aromatic nitrogens is 1. The fourth-order valence-corrected chi connectivity index (χ4v) is 3.30. The molecular weight excluding hydrogens is 336 g/mol. The summed E-state index contributed by atoms with van der Waals surface area (Å²) in [7, 11) is 1.55. The van der Waals surface area contributed by atoms with E-state index in [1.807, 2.05) is 6.07 Å². The monoisotopic (exact) mass is 356 g/mol. The molecule has 0 aliphatic carbocycles. The van der Waals surface area contributed by atoms with Crippen molar-refractivity contribution >= 4 is 11.9 Å². The summed E-state index contributed by atoms with van der Waals surface area (Å²) in [5, 5.41) is 9.58. The van der Waals surface area contributed by atoms with E-state index in [4.69, 9.17) is 4.74 Å². The normalized spacial score (nSPS) is 19.3. The van der Waals surface area contributed by atoms with Gasteiger partial charge in [0.05, 0.1) is 13.0 Å². The first-order valence-corrected chi connectivity index (χ1v) is 8.29. The highest BCUT2D eigenvalue weighted by Crippen LogP contribution is 2.34. The molecule has 2 heterocycles. The molecule has 7 nitrogen and oxygen atoms in total. The number of amides is 1. The topological polar surface area (TPSA) is 88.8 Å². The lowest BCUT2D eigenvalue weighted by molar-refractivity contribution is -0.141. The van der Waals surface area contributed by atoms with Crippen LogP contribution >= 0.6 is 0 Å². The van der Waals surface area contributed by atoms with Gasteiger partial charge in [-0.05, 0) is 23.8 Å². The number of pyridine rings is 1. The van der Waals surface area contributed by atoms with Gasteiger partial charge >= 0.3 is 5.97 Å². The fraction of sp³-hybridized carbons (Fsp3) is 0.316. The zero-order valence-corrected chi connectivity index (χ0v) is 14.4. The molecule has 0 saturated carbocycles. The molecule has 1 aliphatic heterocycles. The molecule has 1 saturated heterocycles. The van der Waals surface area contributed by atoms with E-state index in [1.54, 1.807) is 43.6 Å². The standard InChI is InChI=1S/C19H20N2O5/c1-26-14-6-4-5-13(9-14)15-10-21(11-16(15)19(24)25)18(23)12-20-8-3-2-7-17(20)22/h2-9,15-16H,10-12H2,1H3,(H,24,25)/t15-,16+/m0/s1. The van der Waals surface area contributed by atoms with Gasteiger partial charge in [0, 0.05) is 31.3 Å². The van der Waals surface area contributed by atoms with Gasteiger partial charge in [0.1, 0.15) is 12.3 Å². The Bertz CT molecular complexity index is 876. The summed E-state index contributed by atoms with van der Waals surface area (Å²) in [6.07, 6.45) is 1.55. The molecular formula is C19H20N2O5. The van der Waals surface area contributed by atoms with Gasteiger partial charge in [0.15, 0.2) is 0 Å². The van der Waals surface area contributed by atoms with Crippen LogP contribution in [0.4, 0.5) is 0 Å². The molecule has 1 fully saturated rings. The molecule has 1 N–H and O–H groups in total. The molecule has 1 aliphatic rings. The van der Waals surface area contributed by atoms with E-state index < -0.39 is 11.9 Å². The van der Waals surface area contributed by atoms with Gasteiger partial charge in [0.25, 0.3) is 5.56 Å². The van der Waals surface area contributed by atoms with Crippen molar-refractivity contribution in [3.8, 4) is 5.75 Å². The van der Waals surface area contributed by atoms with Gasteiger partial charge < -0.3 is 19.3 Å². The maximum absolute atomic E-state index is 12.6. The number of nitrogens with zero attached hydrogens (tertiary/aromatic N) is 2. The summed E-state index contributed by atoms with van der Waals surface area (Å²) >= 11 is 0. The minimum absolute atomic E-state index is 0.100. The number of methoxy groups -OCH3 is 1. The number of carboxylic acid groups (broad SMARTS) is 1. The Morgan fingerprint density at radius 2 is 2.00 bits per heavy atom. The molecule has 1 aromatic carbocycles. The molecule has 2 aromatic rings. The zero-order chi connectivity index (χ0) is 18.7. The second kappa shape index (κ2) is 7.43. The average molecular weight is 356 g/mol. The number of hydrogen-bond acceptors (Lipinski definition) is 4. The van der Waals surface area contributed by atoms with Crippen molar-refractivity contribution in [3.63, 3.8) is 0 Å². The molecule has 136 valence electrons. The van der Waals surface area contributed by atoms with Gasteiger partial charge in [-0.3, -0.25) is 14.4 Å². The summed E-state index contributed by atoms with van der Waals surface area (Å²) in [6, 6.07) is 11.9. The summed E-state index contributed by atoms with van der Waals surface area (Å²) in [4.78, 5) is 37.6. The van der Waals surface area contributed by atoms with Crippen molar-refractivity contribution in [3.05, 3.63) is 64.6 Å². The molecule has 0 bridgehead atoms. The second-order valence-corrected chi connectivity index (χ2v) is 6.29. The smallest absolute Gasteiger partial charge is 0.308 e. The molecule has 26 heavy (non-hydrogen) atoms.